The molecule has 4 nitrogen and oxygen atoms in total. The minimum absolute atomic E-state index is 0.111. The van der Waals surface area contributed by atoms with Crippen molar-refractivity contribution >= 4 is 34.8 Å². The van der Waals surface area contributed by atoms with Crippen molar-refractivity contribution < 1.29 is 14.7 Å². The molecule has 0 aliphatic carbocycles. The van der Waals surface area contributed by atoms with E-state index in [-0.39, 0.29) is 18.5 Å². The van der Waals surface area contributed by atoms with Crippen LogP contribution in [0, 0.1) is 0 Å². The molecule has 0 bridgehead atoms. The molecule has 1 rings (SSSR count). The lowest BCUT2D eigenvalue weighted by Gasteiger charge is -2.24. The highest BCUT2D eigenvalue weighted by Gasteiger charge is 2.19. The first-order valence-corrected chi connectivity index (χ1v) is 6.90. The van der Waals surface area contributed by atoms with Crippen LogP contribution in [0.3, 0.4) is 0 Å². The fourth-order valence-electron chi connectivity index (χ4n) is 1.56. The third-order valence-corrected chi connectivity index (χ3v) is 3.80. The molecule has 0 unspecified atom stereocenters. The number of carbonyl (C=O) groups excluding carboxylic acids is 1. The first-order valence-electron chi connectivity index (χ1n) is 5.64. The van der Waals surface area contributed by atoms with Gasteiger partial charge < -0.3 is 10.0 Å². The molecule has 18 heavy (non-hydrogen) atoms. The number of halogens is 1. The lowest BCUT2D eigenvalue weighted by Crippen LogP contribution is -2.40. The highest BCUT2D eigenvalue weighted by molar-refractivity contribution is 7.10. The number of carboxylic acid groups (broad SMARTS) is 1. The Labute approximate surface area is 115 Å². The van der Waals surface area contributed by atoms with Gasteiger partial charge in [-0.1, -0.05) is 11.6 Å². The molecule has 0 atom stereocenters. The largest absolute Gasteiger partial charge is 0.480 e. The molecular formula is C12H16ClNO3S. The molecule has 0 spiro atoms. The van der Waals surface area contributed by atoms with Crippen LogP contribution in [0.25, 0.3) is 0 Å². The zero-order valence-electron chi connectivity index (χ0n) is 10.4. The molecule has 6 heteroatoms. The van der Waals surface area contributed by atoms with Crippen LogP contribution < -0.4 is 0 Å². The summed E-state index contributed by atoms with van der Waals surface area (Å²) in [6.07, 6.45) is 0.904. The molecule has 0 fully saturated rings. The third-order valence-electron chi connectivity index (χ3n) is 2.46. The molecule has 1 N–H and O–H groups in total. The lowest BCUT2D eigenvalue weighted by molar-refractivity contribution is -0.145. The molecule has 1 amide bonds. The highest BCUT2D eigenvalue weighted by atomic mass is 35.5. The Kier molecular flexibility index (Phi) is 5.62. The van der Waals surface area contributed by atoms with Crippen LogP contribution in [0.1, 0.15) is 25.1 Å². The number of aliphatic carboxylic acids is 1. The molecule has 1 aromatic heterocycles. The maximum absolute atomic E-state index is 11.9. The van der Waals surface area contributed by atoms with Gasteiger partial charge in [0.05, 0.1) is 5.02 Å². The molecule has 100 valence electrons. The van der Waals surface area contributed by atoms with Crippen LogP contribution in [-0.4, -0.2) is 34.5 Å². The third kappa shape index (κ3) is 4.66. The normalized spacial score (nSPS) is 10.7. The van der Waals surface area contributed by atoms with Crippen LogP contribution in [0.5, 0.6) is 0 Å². The smallest absolute Gasteiger partial charge is 0.323 e. The van der Waals surface area contributed by atoms with E-state index in [0.29, 0.717) is 17.9 Å². The summed E-state index contributed by atoms with van der Waals surface area (Å²) < 4.78 is 0. The molecule has 0 saturated carbocycles. The molecular weight excluding hydrogens is 274 g/mol. The van der Waals surface area contributed by atoms with Crippen molar-refractivity contribution in [2.75, 3.05) is 6.54 Å². The Bertz CT molecular complexity index is 431. The summed E-state index contributed by atoms with van der Waals surface area (Å²) in [4.78, 5) is 25.0. The average molecular weight is 290 g/mol. The Morgan fingerprint density at radius 3 is 2.61 bits per heavy atom. The van der Waals surface area contributed by atoms with E-state index in [0.717, 1.165) is 4.88 Å². The van der Waals surface area contributed by atoms with Gasteiger partial charge in [0.15, 0.2) is 0 Å². The van der Waals surface area contributed by atoms with Gasteiger partial charge in [-0.15, -0.1) is 11.3 Å². The number of rotatable bonds is 6. The van der Waals surface area contributed by atoms with Crippen LogP contribution >= 0.6 is 22.9 Å². The van der Waals surface area contributed by atoms with Gasteiger partial charge >= 0.3 is 5.97 Å². The number of carboxylic acids is 1. The Morgan fingerprint density at radius 2 is 2.17 bits per heavy atom. The average Bonchev–Trinajstić information content (AvgIpc) is 2.68. The Hall–Kier alpha value is -1.07. The van der Waals surface area contributed by atoms with Crippen molar-refractivity contribution in [3.05, 3.63) is 21.3 Å². The molecule has 1 heterocycles. The van der Waals surface area contributed by atoms with E-state index in [1.165, 1.54) is 16.2 Å². The lowest BCUT2D eigenvalue weighted by atomic mass is 10.2. The van der Waals surface area contributed by atoms with Gasteiger partial charge in [-0.25, -0.2) is 0 Å². The van der Waals surface area contributed by atoms with Crippen LogP contribution in [-0.2, 0) is 16.0 Å². The van der Waals surface area contributed by atoms with Crippen LogP contribution in [0.4, 0.5) is 0 Å². The second-order valence-corrected chi connectivity index (χ2v) is 5.67. The fraction of sp³-hybridized carbons (Fsp3) is 0.500. The number of nitrogens with zero attached hydrogens (tertiary/aromatic N) is 1. The number of hydrogen-bond acceptors (Lipinski definition) is 3. The van der Waals surface area contributed by atoms with Crippen molar-refractivity contribution in [1.29, 1.82) is 0 Å². The number of amides is 1. The SMILES string of the molecule is CC(C)N(CC(=O)O)C(=O)CCc1cc(Cl)cs1. The first kappa shape index (κ1) is 15.0. The first-order chi connectivity index (χ1) is 8.40. The zero-order valence-corrected chi connectivity index (χ0v) is 11.9. The molecule has 0 aliphatic heterocycles. The van der Waals surface area contributed by atoms with Crippen molar-refractivity contribution in [1.82, 2.24) is 4.90 Å². The number of carbonyl (C=O) groups is 2. The van der Waals surface area contributed by atoms with E-state index in [4.69, 9.17) is 16.7 Å². The van der Waals surface area contributed by atoms with Crippen molar-refractivity contribution in [3.8, 4) is 0 Å². The van der Waals surface area contributed by atoms with Gasteiger partial charge in [0.25, 0.3) is 0 Å². The quantitative estimate of drug-likeness (QED) is 0.876. The van der Waals surface area contributed by atoms with E-state index in [1.807, 2.05) is 25.3 Å². The van der Waals surface area contributed by atoms with E-state index < -0.39 is 5.97 Å². The summed E-state index contributed by atoms with van der Waals surface area (Å²) in [6.45, 7) is 3.37. The number of hydrogen-bond donors (Lipinski definition) is 1. The van der Waals surface area contributed by atoms with Crippen LogP contribution in [0.2, 0.25) is 5.02 Å². The van der Waals surface area contributed by atoms with Gasteiger partial charge in [-0.3, -0.25) is 9.59 Å². The van der Waals surface area contributed by atoms with Gasteiger partial charge in [0.1, 0.15) is 6.54 Å². The highest BCUT2D eigenvalue weighted by Crippen LogP contribution is 2.20. The summed E-state index contributed by atoms with van der Waals surface area (Å²) in [7, 11) is 0. The van der Waals surface area contributed by atoms with E-state index in [2.05, 4.69) is 0 Å². The monoisotopic (exact) mass is 289 g/mol. The molecule has 0 aliphatic rings. The van der Waals surface area contributed by atoms with E-state index in [9.17, 15) is 9.59 Å². The topological polar surface area (TPSA) is 57.6 Å². The molecule has 0 saturated heterocycles. The standard InChI is InChI=1S/C12H16ClNO3S/c1-8(2)14(6-12(16)17)11(15)4-3-10-5-9(13)7-18-10/h5,7-8H,3-4,6H2,1-2H3,(H,16,17). The minimum Gasteiger partial charge on any atom is -0.480 e. The Morgan fingerprint density at radius 1 is 1.50 bits per heavy atom. The van der Waals surface area contributed by atoms with Gasteiger partial charge in [-0.05, 0) is 26.3 Å². The fourth-order valence-corrected chi connectivity index (χ4v) is 2.64. The maximum Gasteiger partial charge on any atom is 0.323 e. The van der Waals surface area contributed by atoms with Crippen molar-refractivity contribution in [2.45, 2.75) is 32.7 Å². The number of aryl methyl sites for hydroxylation is 1. The van der Waals surface area contributed by atoms with Gasteiger partial charge in [0, 0.05) is 22.7 Å². The summed E-state index contributed by atoms with van der Waals surface area (Å²) in [5, 5.41) is 11.3. The second-order valence-electron chi connectivity index (χ2n) is 4.24. The minimum atomic E-state index is -0.990. The summed E-state index contributed by atoms with van der Waals surface area (Å²) in [6, 6.07) is 1.72. The maximum atomic E-state index is 11.9. The molecule has 0 aromatic carbocycles. The van der Waals surface area contributed by atoms with Gasteiger partial charge in [0.2, 0.25) is 5.91 Å². The number of thiophene rings is 1. The van der Waals surface area contributed by atoms with Crippen LogP contribution in [0.15, 0.2) is 11.4 Å². The summed E-state index contributed by atoms with van der Waals surface area (Å²) in [5.74, 6) is -1.13. The Balaban J connectivity index is 2.53. The van der Waals surface area contributed by atoms with E-state index >= 15 is 0 Å². The molecule has 1 aromatic rings. The van der Waals surface area contributed by atoms with Crippen molar-refractivity contribution in [3.63, 3.8) is 0 Å². The predicted molar refractivity (Wildman–Crippen MR) is 72.1 cm³/mol. The van der Waals surface area contributed by atoms with Gasteiger partial charge in [-0.2, -0.15) is 0 Å². The predicted octanol–water partition coefficient (Wildman–Crippen LogP) is 2.66. The zero-order chi connectivity index (χ0) is 13.7. The van der Waals surface area contributed by atoms with Crippen molar-refractivity contribution in [2.24, 2.45) is 0 Å². The summed E-state index contributed by atoms with van der Waals surface area (Å²) >= 11 is 7.30. The second kappa shape index (κ2) is 6.75. The molecule has 0 radical (unpaired) electrons. The van der Waals surface area contributed by atoms with E-state index in [1.54, 1.807) is 0 Å². The summed E-state index contributed by atoms with van der Waals surface area (Å²) in [5.41, 5.74) is 0.